The Morgan fingerprint density at radius 2 is 1.67 bits per heavy atom. The predicted molar refractivity (Wildman–Crippen MR) is 91.0 cm³/mol. The first-order valence-corrected chi connectivity index (χ1v) is 9.02. The molecule has 1 saturated heterocycles. The first kappa shape index (κ1) is 16.5. The summed E-state index contributed by atoms with van der Waals surface area (Å²) in [7, 11) is -1.96. The highest BCUT2D eigenvalue weighted by Gasteiger charge is 2.28. The second-order valence-corrected chi connectivity index (χ2v) is 7.42. The second-order valence-electron chi connectivity index (χ2n) is 5.48. The summed E-state index contributed by atoms with van der Waals surface area (Å²) in [6.07, 6.45) is 1.65. The van der Waals surface area contributed by atoms with Crippen LogP contribution < -0.4 is 15.2 Å². The van der Waals surface area contributed by atoms with Gasteiger partial charge in [-0.25, -0.2) is 8.42 Å². The summed E-state index contributed by atoms with van der Waals surface area (Å²) in [5.74, 6) is 0.622. The smallest absolute Gasteiger partial charge is 0.248 e. The van der Waals surface area contributed by atoms with Crippen LogP contribution in [0.5, 0.6) is 5.75 Å². The van der Waals surface area contributed by atoms with Crippen molar-refractivity contribution in [3.63, 3.8) is 0 Å². The van der Waals surface area contributed by atoms with Crippen LogP contribution >= 0.6 is 0 Å². The molecule has 1 aliphatic rings. The molecule has 0 aliphatic carbocycles. The molecule has 1 N–H and O–H groups in total. The van der Waals surface area contributed by atoms with E-state index >= 15 is 0 Å². The molecular weight excluding hydrogens is 330 g/mol. The van der Waals surface area contributed by atoms with Crippen LogP contribution in [0.2, 0.25) is 0 Å². The molecule has 0 radical (unpaired) electrons. The zero-order valence-electron chi connectivity index (χ0n) is 13.3. The quantitative estimate of drug-likeness (QED) is 0.887. The molecule has 24 heavy (non-hydrogen) atoms. The van der Waals surface area contributed by atoms with Crippen LogP contribution in [0.25, 0.3) is 0 Å². The number of anilines is 1. The van der Waals surface area contributed by atoms with Gasteiger partial charge in [0, 0.05) is 38.4 Å². The average Bonchev–Trinajstić information content (AvgIpc) is 2.62. The maximum Gasteiger partial charge on any atom is 0.248 e. The average molecular weight is 349 g/mol. The number of aromatic nitrogens is 1. The molecule has 8 heteroatoms. The van der Waals surface area contributed by atoms with Gasteiger partial charge in [-0.05, 0) is 30.3 Å². The molecule has 1 aromatic heterocycles. The first-order valence-electron chi connectivity index (χ1n) is 7.58. The van der Waals surface area contributed by atoms with Crippen molar-refractivity contribution in [2.24, 2.45) is 0 Å². The van der Waals surface area contributed by atoms with E-state index in [2.05, 4.69) is 9.88 Å². The number of nitrogens with zero attached hydrogens (tertiary/aromatic N) is 2. The fourth-order valence-corrected chi connectivity index (χ4v) is 4.10. The molecule has 2 heterocycles. The molecule has 1 aromatic carbocycles. The summed E-state index contributed by atoms with van der Waals surface area (Å²) in [6.45, 7) is 1.93. The van der Waals surface area contributed by atoms with Crippen molar-refractivity contribution in [2.75, 3.05) is 38.2 Å². The number of nitrogens with one attached hydrogen (secondary N) is 1. The molecule has 0 amide bonds. The van der Waals surface area contributed by atoms with E-state index in [0.29, 0.717) is 31.9 Å². The van der Waals surface area contributed by atoms with Crippen molar-refractivity contribution in [3.05, 3.63) is 52.9 Å². The Balaban J connectivity index is 1.70. The first-order chi connectivity index (χ1) is 11.5. The van der Waals surface area contributed by atoms with Crippen molar-refractivity contribution >= 4 is 15.7 Å². The lowest BCUT2D eigenvalue weighted by Gasteiger charge is -2.35. The summed E-state index contributed by atoms with van der Waals surface area (Å²) < 4.78 is 31.9. The molecule has 0 saturated carbocycles. The van der Waals surface area contributed by atoms with Gasteiger partial charge in [0.2, 0.25) is 15.6 Å². The van der Waals surface area contributed by atoms with Gasteiger partial charge in [0.15, 0.2) is 0 Å². The normalized spacial score (nSPS) is 16.1. The monoisotopic (exact) mass is 349 g/mol. The number of benzene rings is 1. The number of sulfonamides is 1. The Hall–Kier alpha value is -2.32. The molecule has 0 bridgehead atoms. The zero-order valence-corrected chi connectivity index (χ0v) is 14.1. The maximum atomic E-state index is 12.7. The maximum absolute atomic E-state index is 12.7. The summed E-state index contributed by atoms with van der Waals surface area (Å²) in [5, 5.41) is 0. The van der Waals surface area contributed by atoms with Crippen molar-refractivity contribution in [2.45, 2.75) is 4.90 Å². The molecule has 0 atom stereocenters. The topological polar surface area (TPSA) is 82.7 Å². The Morgan fingerprint density at radius 3 is 2.21 bits per heavy atom. The highest BCUT2D eigenvalue weighted by Crippen LogP contribution is 2.22. The van der Waals surface area contributed by atoms with Crippen LogP contribution in [0.1, 0.15) is 0 Å². The van der Waals surface area contributed by atoms with E-state index in [9.17, 15) is 13.2 Å². The van der Waals surface area contributed by atoms with Crippen LogP contribution in [0, 0.1) is 0 Å². The van der Waals surface area contributed by atoms with E-state index in [1.165, 1.54) is 10.4 Å². The van der Waals surface area contributed by atoms with Crippen LogP contribution in [0.3, 0.4) is 0 Å². The van der Waals surface area contributed by atoms with E-state index in [1.807, 2.05) is 0 Å². The van der Waals surface area contributed by atoms with E-state index in [0.717, 1.165) is 5.69 Å². The zero-order chi connectivity index (χ0) is 17.2. The van der Waals surface area contributed by atoms with Crippen molar-refractivity contribution < 1.29 is 13.2 Å². The summed E-state index contributed by atoms with van der Waals surface area (Å²) in [6, 6.07) is 9.61. The van der Waals surface area contributed by atoms with E-state index < -0.39 is 10.0 Å². The minimum absolute atomic E-state index is 0.153. The van der Waals surface area contributed by atoms with Gasteiger partial charge in [0.25, 0.3) is 0 Å². The summed E-state index contributed by atoms with van der Waals surface area (Å²) in [4.78, 5) is 16.1. The largest absolute Gasteiger partial charge is 0.497 e. The third-order valence-electron chi connectivity index (χ3n) is 4.07. The highest BCUT2D eigenvalue weighted by atomic mass is 32.2. The SMILES string of the molecule is COc1ccc(S(=O)(=O)N2CCN(c3ccc(=O)[nH]c3)CC2)cc1. The minimum Gasteiger partial charge on any atom is -0.497 e. The van der Waals surface area contributed by atoms with Crippen LogP contribution in [-0.2, 0) is 10.0 Å². The van der Waals surface area contributed by atoms with E-state index in [-0.39, 0.29) is 10.5 Å². The standard InChI is InChI=1S/C16H19N3O4S/c1-23-14-3-5-15(6-4-14)24(21,22)19-10-8-18(9-11-19)13-2-7-16(20)17-12-13/h2-7,12H,8-11H2,1H3,(H,17,20). The van der Waals surface area contributed by atoms with Gasteiger partial charge < -0.3 is 14.6 Å². The number of ether oxygens (including phenoxy) is 1. The van der Waals surface area contributed by atoms with E-state index in [1.54, 1.807) is 43.6 Å². The fraction of sp³-hybridized carbons (Fsp3) is 0.312. The lowest BCUT2D eigenvalue weighted by atomic mass is 10.3. The molecule has 0 spiro atoms. The molecule has 1 aliphatic heterocycles. The lowest BCUT2D eigenvalue weighted by Crippen LogP contribution is -2.48. The number of piperazine rings is 1. The van der Waals surface area contributed by atoms with Crippen LogP contribution in [0.4, 0.5) is 5.69 Å². The molecular formula is C16H19N3O4S. The molecule has 7 nitrogen and oxygen atoms in total. The van der Waals surface area contributed by atoms with Crippen molar-refractivity contribution in [1.29, 1.82) is 0 Å². The molecule has 2 aromatic rings. The summed E-state index contributed by atoms with van der Waals surface area (Å²) >= 11 is 0. The van der Waals surface area contributed by atoms with E-state index in [4.69, 9.17) is 4.74 Å². The third kappa shape index (κ3) is 3.29. The van der Waals surface area contributed by atoms with Gasteiger partial charge in [-0.15, -0.1) is 0 Å². The van der Waals surface area contributed by atoms with Gasteiger partial charge in [-0.1, -0.05) is 0 Å². The Bertz CT molecular complexity index is 833. The second kappa shape index (κ2) is 6.66. The Morgan fingerprint density at radius 1 is 1.00 bits per heavy atom. The van der Waals surface area contributed by atoms with Crippen molar-refractivity contribution in [3.8, 4) is 5.75 Å². The Kier molecular flexibility index (Phi) is 4.59. The fourth-order valence-electron chi connectivity index (χ4n) is 2.68. The van der Waals surface area contributed by atoms with Gasteiger partial charge >= 0.3 is 0 Å². The van der Waals surface area contributed by atoms with Gasteiger partial charge in [-0.2, -0.15) is 4.31 Å². The number of hydrogen-bond acceptors (Lipinski definition) is 5. The molecule has 0 unspecified atom stereocenters. The van der Waals surface area contributed by atoms with Gasteiger partial charge in [-0.3, -0.25) is 4.79 Å². The molecule has 1 fully saturated rings. The van der Waals surface area contributed by atoms with Crippen molar-refractivity contribution in [1.82, 2.24) is 9.29 Å². The lowest BCUT2D eigenvalue weighted by molar-refractivity contribution is 0.384. The van der Waals surface area contributed by atoms with Crippen LogP contribution in [-0.4, -0.2) is 51.0 Å². The number of pyridine rings is 1. The predicted octanol–water partition coefficient (Wildman–Crippen LogP) is 0.894. The van der Waals surface area contributed by atoms with Gasteiger partial charge in [0.05, 0.1) is 17.7 Å². The molecule has 128 valence electrons. The third-order valence-corrected chi connectivity index (χ3v) is 5.98. The summed E-state index contributed by atoms with van der Waals surface area (Å²) in [5.41, 5.74) is 0.732. The number of aromatic amines is 1. The van der Waals surface area contributed by atoms with Crippen LogP contribution in [0.15, 0.2) is 52.3 Å². The number of methoxy groups -OCH3 is 1. The Labute approximate surface area is 140 Å². The number of H-pyrrole nitrogens is 1. The molecule has 3 rings (SSSR count). The number of hydrogen-bond donors (Lipinski definition) is 1. The highest BCUT2D eigenvalue weighted by molar-refractivity contribution is 7.89. The minimum atomic E-state index is -3.51. The van der Waals surface area contributed by atoms with Gasteiger partial charge in [0.1, 0.15) is 5.75 Å². The number of rotatable bonds is 4.